The maximum Gasteiger partial charge on any atom is 0.273 e. The van der Waals surface area contributed by atoms with Crippen molar-refractivity contribution in [1.82, 2.24) is 9.62 Å². The predicted molar refractivity (Wildman–Crippen MR) is 124 cm³/mol. The Balaban J connectivity index is 1.41. The predicted octanol–water partition coefficient (Wildman–Crippen LogP) is 2.79. The molecule has 174 valence electrons. The van der Waals surface area contributed by atoms with E-state index in [1.807, 2.05) is 0 Å². The number of nitrogens with one attached hydrogen (secondary N) is 1. The molecule has 0 spiro atoms. The van der Waals surface area contributed by atoms with Crippen molar-refractivity contribution in [2.75, 3.05) is 51.3 Å². The third-order valence-electron chi connectivity index (χ3n) is 5.58. The number of benzene rings is 2. The van der Waals surface area contributed by atoms with Crippen molar-refractivity contribution in [3.05, 3.63) is 58.1 Å². The van der Waals surface area contributed by atoms with Gasteiger partial charge in [-0.25, -0.2) is 13.1 Å². The normalized spacial score (nSPS) is 15.0. The van der Waals surface area contributed by atoms with Gasteiger partial charge in [0, 0.05) is 44.5 Å². The maximum atomic E-state index is 12.6. The fourth-order valence-electron chi connectivity index (χ4n) is 3.79. The molecule has 0 aromatic heterocycles. The van der Waals surface area contributed by atoms with Crippen molar-refractivity contribution in [2.45, 2.75) is 24.7 Å². The Bertz CT molecular complexity index is 1040. The zero-order valence-electron chi connectivity index (χ0n) is 18.5. The maximum absolute atomic E-state index is 12.6. The van der Waals surface area contributed by atoms with Crippen LogP contribution >= 0.6 is 0 Å². The van der Waals surface area contributed by atoms with E-state index in [9.17, 15) is 18.5 Å². The Kier molecular flexibility index (Phi) is 8.05. The van der Waals surface area contributed by atoms with Crippen LogP contribution in [0.25, 0.3) is 0 Å². The average Bonchev–Trinajstić information content (AvgIpc) is 2.78. The summed E-state index contributed by atoms with van der Waals surface area (Å²) < 4.78 is 32.8. The summed E-state index contributed by atoms with van der Waals surface area (Å²) in [5, 5.41) is 10.9. The topological polar surface area (TPSA) is 105 Å². The summed E-state index contributed by atoms with van der Waals surface area (Å²) in [6, 6.07) is 12.0. The number of non-ortho nitro benzene ring substituents is 1. The number of nitro groups is 1. The zero-order chi connectivity index (χ0) is 23.1. The lowest BCUT2D eigenvalue weighted by molar-refractivity contribution is -0.385. The van der Waals surface area contributed by atoms with Crippen molar-refractivity contribution >= 4 is 21.4 Å². The number of rotatable bonds is 10. The fourth-order valence-corrected chi connectivity index (χ4v) is 5.01. The lowest BCUT2D eigenvalue weighted by Gasteiger charge is -2.36. The van der Waals surface area contributed by atoms with E-state index in [0.717, 1.165) is 51.3 Å². The van der Waals surface area contributed by atoms with E-state index in [0.29, 0.717) is 13.0 Å². The quantitative estimate of drug-likeness (QED) is 0.329. The highest BCUT2D eigenvalue weighted by atomic mass is 32.2. The highest BCUT2D eigenvalue weighted by Crippen LogP contribution is 2.28. The van der Waals surface area contributed by atoms with Crippen LogP contribution in [-0.2, 0) is 10.0 Å². The van der Waals surface area contributed by atoms with Gasteiger partial charge in [-0.1, -0.05) is 12.1 Å². The third kappa shape index (κ3) is 6.18. The van der Waals surface area contributed by atoms with Crippen molar-refractivity contribution in [3.8, 4) is 5.75 Å². The van der Waals surface area contributed by atoms with Gasteiger partial charge in [-0.2, -0.15) is 0 Å². The molecule has 32 heavy (non-hydrogen) atoms. The van der Waals surface area contributed by atoms with Gasteiger partial charge in [0.25, 0.3) is 5.69 Å². The van der Waals surface area contributed by atoms with Crippen LogP contribution in [0.15, 0.2) is 47.4 Å². The molecule has 1 N–H and O–H groups in total. The zero-order valence-corrected chi connectivity index (χ0v) is 19.3. The summed E-state index contributed by atoms with van der Waals surface area (Å²) in [5.41, 5.74) is 2.31. The molecule has 3 rings (SSSR count). The first-order chi connectivity index (χ1) is 15.3. The Morgan fingerprint density at radius 2 is 1.84 bits per heavy atom. The van der Waals surface area contributed by atoms with E-state index in [-0.39, 0.29) is 16.3 Å². The van der Waals surface area contributed by atoms with Crippen LogP contribution in [0.1, 0.15) is 18.4 Å². The molecule has 1 saturated heterocycles. The largest absolute Gasteiger partial charge is 0.495 e. The van der Waals surface area contributed by atoms with E-state index < -0.39 is 14.9 Å². The summed E-state index contributed by atoms with van der Waals surface area (Å²) in [7, 11) is -2.52. The van der Waals surface area contributed by atoms with Crippen LogP contribution in [0, 0.1) is 17.0 Å². The van der Waals surface area contributed by atoms with Crippen LogP contribution in [0.5, 0.6) is 5.75 Å². The molecule has 0 amide bonds. The van der Waals surface area contributed by atoms with Crippen LogP contribution < -0.4 is 14.4 Å². The second kappa shape index (κ2) is 10.8. The molecule has 0 unspecified atom stereocenters. The van der Waals surface area contributed by atoms with Crippen LogP contribution in [0.3, 0.4) is 0 Å². The molecule has 9 nitrogen and oxygen atoms in total. The van der Waals surface area contributed by atoms with E-state index in [1.54, 1.807) is 0 Å². The van der Waals surface area contributed by atoms with Gasteiger partial charge in [0.1, 0.15) is 10.6 Å². The van der Waals surface area contributed by atoms with Gasteiger partial charge < -0.3 is 9.64 Å². The van der Waals surface area contributed by atoms with Gasteiger partial charge in [-0.3, -0.25) is 15.0 Å². The standard InChI is InChI=1S/C22H30N4O5S/c1-18-6-5-7-19(16-18)25-14-12-24(13-15-25)11-4-3-10-23-32(29,30)22-9-8-20(26(27)28)17-21(22)31-2/h5-9,16-17,23H,3-4,10-15H2,1-2H3. The third-order valence-corrected chi connectivity index (χ3v) is 7.08. The monoisotopic (exact) mass is 462 g/mol. The second-order valence-corrected chi connectivity index (χ2v) is 9.60. The Hall–Kier alpha value is -2.69. The van der Waals surface area contributed by atoms with Crippen molar-refractivity contribution in [1.29, 1.82) is 0 Å². The number of nitro benzene ring substituents is 1. The molecule has 0 bridgehead atoms. The average molecular weight is 463 g/mol. The number of anilines is 1. The van der Waals surface area contributed by atoms with Gasteiger partial charge in [0.15, 0.2) is 0 Å². The lowest BCUT2D eigenvalue weighted by atomic mass is 10.2. The molecule has 1 heterocycles. The van der Waals surface area contributed by atoms with Crippen molar-refractivity contribution < 1.29 is 18.1 Å². The number of unbranched alkanes of at least 4 members (excludes halogenated alkanes) is 1. The first kappa shape index (κ1) is 24.0. The highest BCUT2D eigenvalue weighted by molar-refractivity contribution is 7.89. The summed E-state index contributed by atoms with van der Waals surface area (Å²) in [6.45, 7) is 7.26. The number of hydrogen-bond donors (Lipinski definition) is 1. The minimum atomic E-state index is -3.81. The number of hydrogen-bond acceptors (Lipinski definition) is 7. The molecule has 1 aliphatic heterocycles. The molecule has 0 aliphatic carbocycles. The molecule has 1 aliphatic rings. The number of sulfonamides is 1. The first-order valence-electron chi connectivity index (χ1n) is 10.7. The molecule has 2 aromatic rings. The molecule has 2 aromatic carbocycles. The minimum Gasteiger partial charge on any atom is -0.495 e. The Morgan fingerprint density at radius 3 is 2.50 bits per heavy atom. The first-order valence-corrected chi connectivity index (χ1v) is 12.1. The summed E-state index contributed by atoms with van der Waals surface area (Å²) >= 11 is 0. The molecule has 0 atom stereocenters. The highest BCUT2D eigenvalue weighted by Gasteiger charge is 2.22. The van der Waals surface area contributed by atoms with E-state index in [2.05, 4.69) is 45.7 Å². The molecular formula is C22H30N4O5S. The molecule has 1 fully saturated rings. The van der Waals surface area contributed by atoms with Gasteiger partial charge in [-0.15, -0.1) is 0 Å². The van der Waals surface area contributed by atoms with Gasteiger partial charge >= 0.3 is 0 Å². The second-order valence-electron chi connectivity index (χ2n) is 7.86. The number of nitrogens with zero attached hydrogens (tertiary/aromatic N) is 3. The summed E-state index contributed by atoms with van der Waals surface area (Å²) in [5.74, 6) is -0.0434. The molecule has 10 heteroatoms. The van der Waals surface area contributed by atoms with E-state index in [1.165, 1.54) is 24.4 Å². The van der Waals surface area contributed by atoms with E-state index in [4.69, 9.17) is 4.74 Å². The van der Waals surface area contributed by atoms with Crippen LogP contribution in [-0.4, -0.2) is 64.6 Å². The van der Waals surface area contributed by atoms with Gasteiger partial charge in [0.05, 0.1) is 18.1 Å². The fraction of sp³-hybridized carbons (Fsp3) is 0.455. The number of ether oxygens (including phenoxy) is 1. The van der Waals surface area contributed by atoms with Crippen molar-refractivity contribution in [3.63, 3.8) is 0 Å². The molecular weight excluding hydrogens is 432 g/mol. The SMILES string of the molecule is COc1cc([N+](=O)[O-])ccc1S(=O)(=O)NCCCCN1CCN(c2cccc(C)c2)CC1. The number of aryl methyl sites for hydroxylation is 1. The summed E-state index contributed by atoms with van der Waals surface area (Å²) in [6.07, 6.45) is 1.58. The number of methoxy groups -OCH3 is 1. The minimum absolute atomic E-state index is 0.0434. The van der Waals surface area contributed by atoms with Crippen LogP contribution in [0.2, 0.25) is 0 Å². The molecule has 0 radical (unpaired) electrons. The van der Waals surface area contributed by atoms with Gasteiger partial charge in [-0.05, 0) is 50.1 Å². The van der Waals surface area contributed by atoms with Gasteiger partial charge in [0.2, 0.25) is 10.0 Å². The van der Waals surface area contributed by atoms with E-state index >= 15 is 0 Å². The lowest BCUT2D eigenvalue weighted by Crippen LogP contribution is -2.46. The molecule has 0 saturated carbocycles. The van der Waals surface area contributed by atoms with Crippen LogP contribution in [0.4, 0.5) is 11.4 Å². The number of piperazine rings is 1. The smallest absolute Gasteiger partial charge is 0.273 e. The Morgan fingerprint density at radius 1 is 1.09 bits per heavy atom. The Labute approximate surface area is 189 Å². The summed E-state index contributed by atoms with van der Waals surface area (Å²) in [4.78, 5) is 15.0. The van der Waals surface area contributed by atoms with Crippen molar-refractivity contribution in [2.24, 2.45) is 0 Å².